The van der Waals surface area contributed by atoms with Crippen LogP contribution in [0, 0.1) is 0 Å². The molecule has 2 amide bonds. The van der Waals surface area contributed by atoms with E-state index in [1.54, 1.807) is 0 Å². The highest BCUT2D eigenvalue weighted by Crippen LogP contribution is 2.18. The zero-order chi connectivity index (χ0) is 19.2. The largest absolute Gasteiger partial charge is 0.376 e. The van der Waals surface area contributed by atoms with Gasteiger partial charge < -0.3 is 14.4 Å². The minimum Gasteiger partial charge on any atom is -0.376 e. The topological polar surface area (TPSA) is 68.6 Å². The summed E-state index contributed by atoms with van der Waals surface area (Å²) in [5.41, 5.74) is 1.17. The quantitative estimate of drug-likeness (QED) is 0.796. The van der Waals surface area contributed by atoms with Gasteiger partial charge in [0, 0.05) is 38.6 Å². The van der Waals surface area contributed by atoms with Crippen molar-refractivity contribution in [2.75, 3.05) is 31.6 Å². The molecule has 2 aliphatic heterocycles. The maximum atomic E-state index is 12.9. The number of ether oxygens (including phenoxy) is 2. The Balaban J connectivity index is 1.37. The summed E-state index contributed by atoms with van der Waals surface area (Å²) in [6, 6.07) is 11.8. The first-order chi connectivity index (χ1) is 13.8. The third-order valence-electron chi connectivity index (χ3n) is 5.25. The van der Waals surface area contributed by atoms with Gasteiger partial charge in [-0.2, -0.15) is 5.10 Å². The average Bonchev–Trinajstić information content (AvgIpc) is 3.46. The van der Waals surface area contributed by atoms with Crippen LogP contribution in [-0.2, 0) is 16.0 Å². The molecule has 28 heavy (non-hydrogen) atoms. The minimum absolute atomic E-state index is 0.114. The molecule has 2 aliphatic rings. The molecule has 7 nitrogen and oxygen atoms in total. The lowest BCUT2D eigenvalue weighted by Gasteiger charge is -2.27. The van der Waals surface area contributed by atoms with Gasteiger partial charge in [0.15, 0.2) is 5.82 Å². The molecule has 150 valence electrons. The summed E-state index contributed by atoms with van der Waals surface area (Å²) >= 11 is 0. The van der Waals surface area contributed by atoms with E-state index in [9.17, 15) is 4.79 Å². The van der Waals surface area contributed by atoms with Crippen LogP contribution in [0.25, 0.3) is 0 Å². The number of anilines is 1. The second-order valence-electron chi connectivity index (χ2n) is 7.49. The van der Waals surface area contributed by atoms with Gasteiger partial charge >= 0.3 is 6.03 Å². The lowest BCUT2D eigenvalue weighted by molar-refractivity contribution is 0.0524. The standard InChI is InChI=1S/C21H28N4O3/c26-21(22-20-10-11-25(23-20)14-17-6-2-1-3-7-17)24(15-18-8-4-12-27-18)16-19-9-5-13-28-19/h1-3,6-7,10-11,18-19H,4-5,8-9,12-16H2,(H,22,23,26). The van der Waals surface area contributed by atoms with Gasteiger partial charge in [-0.1, -0.05) is 30.3 Å². The molecule has 3 heterocycles. The van der Waals surface area contributed by atoms with Crippen LogP contribution in [0.2, 0.25) is 0 Å². The monoisotopic (exact) mass is 384 g/mol. The van der Waals surface area contributed by atoms with E-state index in [1.165, 1.54) is 5.56 Å². The molecule has 2 atom stereocenters. The Morgan fingerprint density at radius 3 is 2.36 bits per heavy atom. The van der Waals surface area contributed by atoms with Gasteiger partial charge in [-0.05, 0) is 31.2 Å². The molecule has 1 N–H and O–H groups in total. The van der Waals surface area contributed by atoms with Crippen LogP contribution in [0.15, 0.2) is 42.6 Å². The fourth-order valence-corrected chi connectivity index (χ4v) is 3.78. The van der Waals surface area contributed by atoms with Crippen LogP contribution < -0.4 is 5.32 Å². The smallest absolute Gasteiger partial charge is 0.323 e. The Morgan fingerprint density at radius 1 is 1.07 bits per heavy atom. The SMILES string of the molecule is O=C(Nc1ccn(Cc2ccccc2)n1)N(CC1CCCO1)CC1CCCO1. The second kappa shape index (κ2) is 9.21. The Labute approximate surface area is 165 Å². The first kappa shape index (κ1) is 19.0. The number of hydrogen-bond acceptors (Lipinski definition) is 4. The molecule has 2 saturated heterocycles. The third-order valence-corrected chi connectivity index (χ3v) is 5.25. The fourth-order valence-electron chi connectivity index (χ4n) is 3.78. The van der Waals surface area contributed by atoms with Crippen molar-refractivity contribution in [3.63, 3.8) is 0 Å². The molecule has 0 aliphatic carbocycles. The van der Waals surface area contributed by atoms with Crippen molar-refractivity contribution in [1.29, 1.82) is 0 Å². The number of amides is 2. The van der Waals surface area contributed by atoms with E-state index in [-0.39, 0.29) is 18.2 Å². The first-order valence-corrected chi connectivity index (χ1v) is 10.1. The normalized spacial score (nSPS) is 21.7. The molecular formula is C21H28N4O3. The molecule has 2 aromatic rings. The number of rotatable bonds is 7. The Bertz CT molecular complexity index is 734. The maximum Gasteiger partial charge on any atom is 0.323 e. The highest BCUT2D eigenvalue weighted by atomic mass is 16.5. The second-order valence-corrected chi connectivity index (χ2v) is 7.49. The fraction of sp³-hybridized carbons (Fsp3) is 0.524. The number of hydrogen-bond donors (Lipinski definition) is 1. The van der Waals surface area contributed by atoms with Crippen LogP contribution in [0.1, 0.15) is 31.2 Å². The van der Waals surface area contributed by atoms with E-state index in [0.717, 1.165) is 38.9 Å². The molecule has 7 heteroatoms. The van der Waals surface area contributed by atoms with Gasteiger partial charge in [-0.25, -0.2) is 4.79 Å². The number of nitrogens with zero attached hydrogens (tertiary/aromatic N) is 3. The average molecular weight is 384 g/mol. The van der Waals surface area contributed by atoms with E-state index >= 15 is 0 Å². The summed E-state index contributed by atoms with van der Waals surface area (Å²) in [5.74, 6) is 0.561. The minimum atomic E-state index is -0.143. The first-order valence-electron chi connectivity index (χ1n) is 10.1. The molecule has 1 aromatic heterocycles. The van der Waals surface area contributed by atoms with Crippen LogP contribution in [0.3, 0.4) is 0 Å². The maximum absolute atomic E-state index is 12.9. The molecule has 0 radical (unpaired) electrons. The summed E-state index contributed by atoms with van der Waals surface area (Å²) in [6.45, 7) is 3.42. The van der Waals surface area contributed by atoms with Gasteiger partial charge in [0.05, 0.1) is 18.8 Å². The Morgan fingerprint density at radius 2 is 1.75 bits per heavy atom. The van der Waals surface area contributed by atoms with E-state index in [4.69, 9.17) is 9.47 Å². The number of nitrogens with one attached hydrogen (secondary N) is 1. The highest BCUT2D eigenvalue weighted by Gasteiger charge is 2.27. The number of urea groups is 1. The molecule has 2 fully saturated rings. The summed E-state index contributed by atoms with van der Waals surface area (Å²) < 4.78 is 13.3. The molecule has 1 aromatic carbocycles. The number of carbonyl (C=O) groups excluding carboxylic acids is 1. The Hall–Kier alpha value is -2.38. The summed E-state index contributed by atoms with van der Waals surface area (Å²) in [6.07, 6.45) is 6.23. The van der Waals surface area contributed by atoms with Crippen LogP contribution >= 0.6 is 0 Å². The predicted octanol–water partition coefficient (Wildman–Crippen LogP) is 3.12. The van der Waals surface area contributed by atoms with Gasteiger partial charge in [0.25, 0.3) is 0 Å². The van der Waals surface area contributed by atoms with Crippen LogP contribution in [0.4, 0.5) is 10.6 Å². The van der Waals surface area contributed by atoms with Gasteiger partial charge in [-0.3, -0.25) is 10.00 Å². The summed E-state index contributed by atoms with van der Waals surface area (Å²) in [7, 11) is 0. The molecule has 4 rings (SSSR count). The molecule has 0 bridgehead atoms. The Kier molecular flexibility index (Phi) is 6.24. The molecule has 0 spiro atoms. The highest BCUT2D eigenvalue weighted by molar-refractivity contribution is 5.88. The zero-order valence-corrected chi connectivity index (χ0v) is 16.1. The van der Waals surface area contributed by atoms with E-state index in [2.05, 4.69) is 22.5 Å². The number of benzene rings is 1. The summed E-state index contributed by atoms with van der Waals surface area (Å²) in [4.78, 5) is 14.7. The molecule has 2 unspecified atom stereocenters. The number of aromatic nitrogens is 2. The van der Waals surface area contributed by atoms with Crippen molar-refractivity contribution in [2.24, 2.45) is 0 Å². The number of carbonyl (C=O) groups is 1. The van der Waals surface area contributed by atoms with Gasteiger partial charge in [0.1, 0.15) is 0 Å². The lowest BCUT2D eigenvalue weighted by atomic mass is 10.2. The third kappa shape index (κ3) is 5.11. The van der Waals surface area contributed by atoms with Gasteiger partial charge in [-0.15, -0.1) is 0 Å². The van der Waals surface area contributed by atoms with Crippen molar-refractivity contribution in [2.45, 2.75) is 44.4 Å². The van der Waals surface area contributed by atoms with Crippen LogP contribution in [-0.4, -0.2) is 59.2 Å². The van der Waals surface area contributed by atoms with Crippen molar-refractivity contribution < 1.29 is 14.3 Å². The molecular weight excluding hydrogens is 356 g/mol. The van der Waals surface area contributed by atoms with E-state index in [1.807, 2.05) is 40.0 Å². The van der Waals surface area contributed by atoms with Crippen molar-refractivity contribution >= 4 is 11.8 Å². The van der Waals surface area contributed by atoms with Gasteiger partial charge in [0.2, 0.25) is 0 Å². The van der Waals surface area contributed by atoms with Crippen molar-refractivity contribution in [3.05, 3.63) is 48.2 Å². The lowest BCUT2D eigenvalue weighted by Crippen LogP contribution is -2.44. The van der Waals surface area contributed by atoms with Crippen molar-refractivity contribution in [1.82, 2.24) is 14.7 Å². The molecule has 0 saturated carbocycles. The van der Waals surface area contributed by atoms with E-state index in [0.29, 0.717) is 25.5 Å². The summed E-state index contributed by atoms with van der Waals surface area (Å²) in [5, 5.41) is 7.43. The zero-order valence-electron chi connectivity index (χ0n) is 16.1. The van der Waals surface area contributed by atoms with Crippen molar-refractivity contribution in [3.8, 4) is 0 Å². The predicted molar refractivity (Wildman–Crippen MR) is 106 cm³/mol. The van der Waals surface area contributed by atoms with Crippen LogP contribution in [0.5, 0.6) is 0 Å². The van der Waals surface area contributed by atoms with E-state index < -0.39 is 0 Å².